The van der Waals surface area contributed by atoms with E-state index in [2.05, 4.69) is 0 Å². The van der Waals surface area contributed by atoms with Gasteiger partial charge in [0.05, 0.1) is 13.7 Å². The van der Waals surface area contributed by atoms with Crippen LogP contribution in [0.5, 0.6) is 5.75 Å². The molecule has 1 aromatic rings. The minimum atomic E-state index is -0.440. The van der Waals surface area contributed by atoms with Crippen LogP contribution in [0.3, 0.4) is 0 Å². The van der Waals surface area contributed by atoms with E-state index in [1.54, 1.807) is 18.2 Å². The first-order valence-electron chi connectivity index (χ1n) is 6.14. The molecule has 1 fully saturated rings. The van der Waals surface area contributed by atoms with Crippen LogP contribution < -0.4 is 4.74 Å². The molecule has 2 rings (SSSR count). The van der Waals surface area contributed by atoms with Crippen LogP contribution in [0.15, 0.2) is 18.2 Å². The van der Waals surface area contributed by atoms with Crippen molar-refractivity contribution in [2.24, 2.45) is 5.92 Å². The summed E-state index contributed by atoms with van der Waals surface area (Å²) in [5, 5.41) is 0. The first-order chi connectivity index (χ1) is 8.72. The van der Waals surface area contributed by atoms with Gasteiger partial charge in [0, 0.05) is 18.9 Å². The Hall–Kier alpha value is -1.42. The fourth-order valence-electron chi connectivity index (χ4n) is 2.18. The third-order valence-corrected chi connectivity index (χ3v) is 3.24. The molecule has 0 aromatic heterocycles. The average Bonchev–Trinajstić information content (AvgIpc) is 2.42. The van der Waals surface area contributed by atoms with Gasteiger partial charge in [0.25, 0.3) is 0 Å². The number of halogens is 1. The van der Waals surface area contributed by atoms with E-state index in [1.165, 1.54) is 7.11 Å². The largest absolute Gasteiger partial charge is 0.494 e. The lowest BCUT2D eigenvalue weighted by Crippen LogP contribution is -2.26. The van der Waals surface area contributed by atoms with Crippen LogP contribution >= 0.6 is 0 Å². The lowest BCUT2D eigenvalue weighted by Gasteiger charge is -2.21. The molecular weight excluding hydrogens is 235 g/mol. The molecular formula is C14H17FO3. The second kappa shape index (κ2) is 5.96. The van der Waals surface area contributed by atoms with Gasteiger partial charge in [0.1, 0.15) is 5.78 Å². The van der Waals surface area contributed by atoms with Crippen LogP contribution in [0.4, 0.5) is 4.39 Å². The number of carbonyl (C=O) groups is 1. The van der Waals surface area contributed by atoms with E-state index in [0.717, 1.165) is 19.4 Å². The van der Waals surface area contributed by atoms with Crippen LogP contribution in [0.2, 0.25) is 0 Å². The predicted molar refractivity (Wildman–Crippen MR) is 65.2 cm³/mol. The summed E-state index contributed by atoms with van der Waals surface area (Å²) in [6.07, 6.45) is 1.85. The van der Waals surface area contributed by atoms with E-state index in [-0.39, 0.29) is 23.9 Å². The zero-order valence-electron chi connectivity index (χ0n) is 10.4. The molecule has 0 N–H and O–H groups in total. The van der Waals surface area contributed by atoms with Crippen molar-refractivity contribution < 1.29 is 18.7 Å². The van der Waals surface area contributed by atoms with Gasteiger partial charge in [-0.2, -0.15) is 0 Å². The molecule has 0 aliphatic carbocycles. The van der Waals surface area contributed by atoms with Gasteiger partial charge in [-0.05, 0) is 24.5 Å². The molecule has 18 heavy (non-hydrogen) atoms. The Labute approximate surface area is 106 Å². The van der Waals surface area contributed by atoms with E-state index < -0.39 is 5.82 Å². The molecule has 1 unspecified atom stereocenters. The van der Waals surface area contributed by atoms with Gasteiger partial charge < -0.3 is 9.47 Å². The molecule has 4 heteroatoms. The minimum absolute atomic E-state index is 0.0434. The number of benzene rings is 1. The van der Waals surface area contributed by atoms with Gasteiger partial charge in [-0.3, -0.25) is 4.79 Å². The topological polar surface area (TPSA) is 35.5 Å². The Morgan fingerprint density at radius 3 is 3.06 bits per heavy atom. The maximum Gasteiger partial charge on any atom is 0.168 e. The van der Waals surface area contributed by atoms with Crippen LogP contribution in [0, 0.1) is 11.7 Å². The monoisotopic (exact) mass is 252 g/mol. The molecule has 3 nitrogen and oxygen atoms in total. The number of ether oxygens (including phenoxy) is 2. The summed E-state index contributed by atoms with van der Waals surface area (Å²) in [7, 11) is 1.42. The summed E-state index contributed by atoms with van der Waals surface area (Å²) < 4.78 is 24.1. The number of hydrogen-bond donors (Lipinski definition) is 0. The van der Waals surface area contributed by atoms with Crippen molar-refractivity contribution in [3.8, 4) is 5.75 Å². The number of carbonyl (C=O) groups excluding carboxylic acids is 1. The number of rotatable bonds is 4. The van der Waals surface area contributed by atoms with E-state index in [1.807, 2.05) is 0 Å². The van der Waals surface area contributed by atoms with E-state index in [4.69, 9.17) is 9.47 Å². The summed E-state index contributed by atoms with van der Waals surface area (Å²) >= 11 is 0. The normalized spacial score (nSPS) is 19.6. The van der Waals surface area contributed by atoms with E-state index in [9.17, 15) is 9.18 Å². The van der Waals surface area contributed by atoms with E-state index >= 15 is 0 Å². The van der Waals surface area contributed by atoms with Gasteiger partial charge in [-0.1, -0.05) is 12.1 Å². The van der Waals surface area contributed by atoms with Crippen molar-refractivity contribution in [2.45, 2.75) is 19.3 Å². The molecule has 0 saturated carbocycles. The average molecular weight is 252 g/mol. The molecule has 0 spiro atoms. The van der Waals surface area contributed by atoms with Crippen molar-refractivity contribution >= 4 is 5.78 Å². The van der Waals surface area contributed by atoms with Crippen LogP contribution in [-0.4, -0.2) is 26.1 Å². The zero-order valence-corrected chi connectivity index (χ0v) is 10.4. The Bertz CT molecular complexity index is 425. The quantitative estimate of drug-likeness (QED) is 0.825. The summed E-state index contributed by atoms with van der Waals surface area (Å²) in [6, 6.07) is 4.87. The SMILES string of the molecule is COc1cccc(CC(=O)C2CCCOC2)c1F. The van der Waals surface area contributed by atoms with Crippen molar-refractivity contribution in [1.29, 1.82) is 0 Å². The molecule has 1 aliphatic rings. The standard InChI is InChI=1S/C14H17FO3/c1-17-13-6-2-4-10(14(13)15)8-12(16)11-5-3-7-18-9-11/h2,4,6,11H,3,5,7-9H2,1H3. The van der Waals surface area contributed by atoms with Crippen LogP contribution in [0.25, 0.3) is 0 Å². The molecule has 1 aromatic carbocycles. The molecule has 0 amide bonds. The lowest BCUT2D eigenvalue weighted by atomic mass is 9.93. The predicted octanol–water partition coefficient (Wildman–Crippen LogP) is 2.37. The molecule has 0 bridgehead atoms. The lowest BCUT2D eigenvalue weighted by molar-refractivity contribution is -0.126. The smallest absolute Gasteiger partial charge is 0.168 e. The minimum Gasteiger partial charge on any atom is -0.494 e. The Balaban J connectivity index is 2.06. The first-order valence-corrected chi connectivity index (χ1v) is 6.14. The highest BCUT2D eigenvalue weighted by Crippen LogP contribution is 2.23. The van der Waals surface area contributed by atoms with Crippen molar-refractivity contribution in [3.05, 3.63) is 29.6 Å². The summed E-state index contributed by atoms with van der Waals surface area (Å²) in [6.45, 7) is 1.18. The van der Waals surface area contributed by atoms with Gasteiger partial charge in [0.15, 0.2) is 11.6 Å². The number of methoxy groups -OCH3 is 1. The van der Waals surface area contributed by atoms with Crippen molar-refractivity contribution in [1.82, 2.24) is 0 Å². The van der Waals surface area contributed by atoms with E-state index in [0.29, 0.717) is 12.2 Å². The Morgan fingerprint density at radius 1 is 1.56 bits per heavy atom. The second-order valence-electron chi connectivity index (χ2n) is 4.49. The van der Waals surface area contributed by atoms with Crippen LogP contribution in [-0.2, 0) is 16.0 Å². The van der Waals surface area contributed by atoms with Gasteiger partial charge >= 0.3 is 0 Å². The Kier molecular flexibility index (Phi) is 4.31. The third kappa shape index (κ3) is 2.88. The van der Waals surface area contributed by atoms with Crippen LogP contribution in [0.1, 0.15) is 18.4 Å². The highest BCUT2D eigenvalue weighted by atomic mass is 19.1. The zero-order chi connectivity index (χ0) is 13.0. The molecule has 1 atom stereocenters. The molecule has 1 saturated heterocycles. The van der Waals surface area contributed by atoms with Crippen molar-refractivity contribution in [3.63, 3.8) is 0 Å². The summed E-state index contributed by atoms with van der Waals surface area (Å²) in [5.41, 5.74) is 0.393. The highest BCUT2D eigenvalue weighted by Gasteiger charge is 2.23. The maximum atomic E-state index is 13.9. The third-order valence-electron chi connectivity index (χ3n) is 3.24. The number of hydrogen-bond acceptors (Lipinski definition) is 3. The number of ketones is 1. The second-order valence-corrected chi connectivity index (χ2v) is 4.49. The molecule has 1 aliphatic heterocycles. The van der Waals surface area contributed by atoms with Gasteiger partial charge in [-0.15, -0.1) is 0 Å². The van der Waals surface area contributed by atoms with Gasteiger partial charge in [0.2, 0.25) is 0 Å². The fourth-order valence-corrected chi connectivity index (χ4v) is 2.18. The highest BCUT2D eigenvalue weighted by molar-refractivity contribution is 5.83. The fraction of sp³-hybridized carbons (Fsp3) is 0.500. The van der Waals surface area contributed by atoms with Crippen molar-refractivity contribution in [2.75, 3.05) is 20.3 Å². The molecule has 98 valence electrons. The molecule has 1 heterocycles. The number of Topliss-reactive ketones (excluding diaryl/α,β-unsaturated/α-hetero) is 1. The molecule has 0 radical (unpaired) electrons. The maximum absolute atomic E-state index is 13.9. The Morgan fingerprint density at radius 2 is 2.39 bits per heavy atom. The van der Waals surface area contributed by atoms with Gasteiger partial charge in [-0.25, -0.2) is 4.39 Å². The summed E-state index contributed by atoms with van der Waals surface area (Å²) in [4.78, 5) is 12.0. The summed E-state index contributed by atoms with van der Waals surface area (Å²) in [5.74, 6) is -0.309. The first kappa shape index (κ1) is 13.0.